The highest BCUT2D eigenvalue weighted by Crippen LogP contribution is 2.26. The molecule has 0 unspecified atom stereocenters. The van der Waals surface area contributed by atoms with Crippen LogP contribution in [0, 0.1) is 6.92 Å². The number of sulfonamides is 1. The second kappa shape index (κ2) is 9.40. The Labute approximate surface area is 199 Å². The number of hydrogen-bond acceptors (Lipinski definition) is 5. The Balaban J connectivity index is 1.64. The molecule has 34 heavy (non-hydrogen) atoms. The fourth-order valence-corrected chi connectivity index (χ4v) is 4.95. The number of aromatic nitrogens is 2. The predicted octanol–water partition coefficient (Wildman–Crippen LogP) is 4.77. The number of rotatable bonds is 7. The zero-order valence-corrected chi connectivity index (χ0v) is 19.3. The molecule has 1 N–H and O–H groups in total. The van der Waals surface area contributed by atoms with E-state index in [9.17, 15) is 22.0 Å². The lowest BCUT2D eigenvalue weighted by Gasteiger charge is -2.09. The number of carbonyl (C=O) groups is 1. The van der Waals surface area contributed by atoms with Crippen LogP contribution >= 0.6 is 11.6 Å². The molecule has 0 aliphatic carbocycles. The summed E-state index contributed by atoms with van der Waals surface area (Å²) in [6.07, 6.45) is 0. The van der Waals surface area contributed by atoms with Gasteiger partial charge in [-0.25, -0.2) is 13.1 Å². The summed E-state index contributed by atoms with van der Waals surface area (Å²) in [4.78, 5) is 12.7. The minimum atomic E-state index is -4.25. The van der Waals surface area contributed by atoms with Crippen molar-refractivity contribution in [3.05, 3.63) is 88.6 Å². The van der Waals surface area contributed by atoms with E-state index in [1.54, 1.807) is 49.4 Å². The Hall–Kier alpha value is -3.50. The van der Waals surface area contributed by atoms with Crippen molar-refractivity contribution >= 4 is 38.4 Å². The summed E-state index contributed by atoms with van der Waals surface area (Å²) in [5, 5.41) is 4.80. The number of nitrogens with zero attached hydrogens (tertiary/aromatic N) is 2. The average molecular weight is 506 g/mol. The van der Waals surface area contributed by atoms with Crippen molar-refractivity contribution in [1.29, 1.82) is 0 Å². The maximum absolute atomic E-state index is 13.0. The number of aryl methyl sites for hydroxylation is 1. The van der Waals surface area contributed by atoms with Gasteiger partial charge < -0.3 is 4.74 Å². The third-order valence-electron chi connectivity index (χ3n) is 5.03. The molecule has 1 amide bonds. The van der Waals surface area contributed by atoms with E-state index in [0.29, 0.717) is 22.0 Å². The maximum Gasteiger partial charge on any atom is 0.387 e. The maximum atomic E-state index is 13.0. The quantitative estimate of drug-likeness (QED) is 0.391. The van der Waals surface area contributed by atoms with Gasteiger partial charge in [-0.2, -0.15) is 13.9 Å². The highest BCUT2D eigenvalue weighted by Gasteiger charge is 2.25. The number of amides is 1. The Morgan fingerprint density at radius 3 is 2.50 bits per heavy atom. The Kier molecular flexibility index (Phi) is 6.54. The molecular weight excluding hydrogens is 488 g/mol. The third-order valence-corrected chi connectivity index (χ3v) is 7.01. The van der Waals surface area contributed by atoms with Crippen LogP contribution in [0.5, 0.6) is 5.75 Å². The molecule has 0 atom stereocenters. The van der Waals surface area contributed by atoms with E-state index in [-0.39, 0.29) is 27.9 Å². The number of halogens is 3. The van der Waals surface area contributed by atoms with E-state index < -0.39 is 22.5 Å². The molecule has 176 valence electrons. The smallest absolute Gasteiger partial charge is 0.387 e. The van der Waals surface area contributed by atoms with Crippen LogP contribution in [0.2, 0.25) is 5.02 Å². The standard InChI is InChI=1S/C23H18ClF2N3O4S/c1-14-5-4-8-19(20(14)24)34(31,32)28-22(30)21-17-6-2-3-7-18(17)29(27-21)13-15-9-11-16(12-10-15)33-23(25)26/h2-12,23H,13H2,1H3,(H,28,30). The van der Waals surface area contributed by atoms with Gasteiger partial charge in [0.05, 0.1) is 17.1 Å². The number of para-hydroxylation sites is 1. The van der Waals surface area contributed by atoms with Crippen molar-refractivity contribution in [2.24, 2.45) is 0 Å². The van der Waals surface area contributed by atoms with E-state index in [0.717, 1.165) is 0 Å². The van der Waals surface area contributed by atoms with Crippen molar-refractivity contribution in [1.82, 2.24) is 14.5 Å². The van der Waals surface area contributed by atoms with Crippen LogP contribution in [-0.2, 0) is 16.6 Å². The number of carbonyl (C=O) groups excluding carboxylic acids is 1. The first-order chi connectivity index (χ1) is 16.2. The van der Waals surface area contributed by atoms with Gasteiger partial charge in [0.25, 0.3) is 15.9 Å². The molecule has 7 nitrogen and oxygen atoms in total. The highest BCUT2D eigenvalue weighted by atomic mass is 35.5. The van der Waals surface area contributed by atoms with Gasteiger partial charge in [-0.3, -0.25) is 9.48 Å². The second-order valence-corrected chi connectivity index (χ2v) is 9.40. The van der Waals surface area contributed by atoms with Crippen molar-refractivity contribution in [3.63, 3.8) is 0 Å². The normalized spacial score (nSPS) is 11.7. The zero-order chi connectivity index (χ0) is 24.5. The van der Waals surface area contributed by atoms with Gasteiger partial charge in [-0.1, -0.05) is 54.1 Å². The lowest BCUT2D eigenvalue weighted by molar-refractivity contribution is -0.0498. The summed E-state index contributed by atoms with van der Waals surface area (Å²) in [6.45, 7) is -1.06. The molecule has 3 aromatic carbocycles. The van der Waals surface area contributed by atoms with Crippen molar-refractivity contribution in [3.8, 4) is 5.75 Å². The second-order valence-electron chi connectivity index (χ2n) is 7.37. The number of benzene rings is 3. The fraction of sp³-hybridized carbons (Fsp3) is 0.130. The van der Waals surface area contributed by atoms with E-state index in [2.05, 4.69) is 9.84 Å². The van der Waals surface area contributed by atoms with Crippen LogP contribution in [0.25, 0.3) is 10.9 Å². The fourth-order valence-electron chi connectivity index (χ4n) is 3.42. The van der Waals surface area contributed by atoms with Gasteiger partial charge in [0.2, 0.25) is 0 Å². The minimum absolute atomic E-state index is 0.0177. The van der Waals surface area contributed by atoms with Gasteiger partial charge in [-0.05, 0) is 42.3 Å². The number of ether oxygens (including phenoxy) is 1. The first-order valence-corrected chi connectivity index (χ1v) is 11.8. The average Bonchev–Trinajstić information content (AvgIpc) is 3.15. The first-order valence-electron chi connectivity index (χ1n) is 9.97. The predicted molar refractivity (Wildman–Crippen MR) is 123 cm³/mol. The summed E-state index contributed by atoms with van der Waals surface area (Å²) < 4.78 is 58.3. The molecule has 0 saturated carbocycles. The Morgan fingerprint density at radius 1 is 1.09 bits per heavy atom. The molecular formula is C23H18ClF2N3O4S. The molecule has 0 fully saturated rings. The molecule has 4 aromatic rings. The summed E-state index contributed by atoms with van der Waals surface area (Å²) in [5.74, 6) is -0.891. The topological polar surface area (TPSA) is 90.3 Å². The molecule has 4 rings (SSSR count). The zero-order valence-electron chi connectivity index (χ0n) is 17.7. The summed E-state index contributed by atoms with van der Waals surface area (Å²) in [5.41, 5.74) is 1.77. The van der Waals surface area contributed by atoms with Crippen LogP contribution in [0.3, 0.4) is 0 Å². The summed E-state index contributed by atoms with van der Waals surface area (Å²) in [7, 11) is -4.25. The van der Waals surface area contributed by atoms with Crippen LogP contribution in [-0.4, -0.2) is 30.7 Å². The number of fused-ring (bicyclic) bond motifs is 1. The number of nitrogens with one attached hydrogen (secondary N) is 1. The highest BCUT2D eigenvalue weighted by molar-refractivity contribution is 7.90. The molecule has 0 saturated heterocycles. The van der Waals surface area contributed by atoms with Crippen LogP contribution in [0.15, 0.2) is 71.6 Å². The van der Waals surface area contributed by atoms with Gasteiger partial charge in [-0.15, -0.1) is 0 Å². The molecule has 0 radical (unpaired) electrons. The molecule has 0 bridgehead atoms. The molecule has 0 aliphatic rings. The van der Waals surface area contributed by atoms with Gasteiger partial charge in [0.1, 0.15) is 10.6 Å². The van der Waals surface area contributed by atoms with Crippen LogP contribution in [0.4, 0.5) is 8.78 Å². The van der Waals surface area contributed by atoms with Crippen LogP contribution in [0.1, 0.15) is 21.6 Å². The molecule has 0 spiro atoms. The van der Waals surface area contributed by atoms with Gasteiger partial charge in [0.15, 0.2) is 5.69 Å². The molecule has 1 aromatic heterocycles. The molecule has 0 aliphatic heterocycles. The third kappa shape index (κ3) is 4.87. The minimum Gasteiger partial charge on any atom is -0.435 e. The van der Waals surface area contributed by atoms with Gasteiger partial charge in [0, 0.05) is 5.39 Å². The molecule has 11 heteroatoms. The summed E-state index contributed by atoms with van der Waals surface area (Å²) >= 11 is 6.13. The van der Waals surface area contributed by atoms with E-state index >= 15 is 0 Å². The SMILES string of the molecule is Cc1cccc(S(=O)(=O)NC(=O)c2nn(Cc3ccc(OC(F)F)cc3)c3ccccc23)c1Cl. The van der Waals surface area contributed by atoms with E-state index in [1.165, 1.54) is 28.9 Å². The Morgan fingerprint density at radius 2 is 1.79 bits per heavy atom. The number of hydrogen-bond donors (Lipinski definition) is 1. The van der Waals surface area contributed by atoms with E-state index in [1.807, 2.05) is 4.72 Å². The Bertz CT molecular complexity index is 1470. The van der Waals surface area contributed by atoms with Crippen molar-refractivity contribution in [2.75, 3.05) is 0 Å². The van der Waals surface area contributed by atoms with Crippen molar-refractivity contribution < 1.29 is 26.7 Å². The summed E-state index contributed by atoms with van der Waals surface area (Å²) in [6, 6.07) is 17.3. The van der Waals surface area contributed by atoms with Gasteiger partial charge >= 0.3 is 6.61 Å². The lowest BCUT2D eigenvalue weighted by atomic mass is 10.2. The van der Waals surface area contributed by atoms with E-state index in [4.69, 9.17) is 11.6 Å². The van der Waals surface area contributed by atoms with Crippen molar-refractivity contribution in [2.45, 2.75) is 25.0 Å². The van der Waals surface area contributed by atoms with Crippen LogP contribution < -0.4 is 9.46 Å². The molecule has 1 heterocycles. The first kappa shape index (κ1) is 23.7. The number of alkyl halides is 2. The monoisotopic (exact) mass is 505 g/mol. The lowest BCUT2D eigenvalue weighted by Crippen LogP contribution is -2.31. The largest absolute Gasteiger partial charge is 0.435 e.